The number of aryl methyl sites for hydroxylation is 1. The van der Waals surface area contributed by atoms with Gasteiger partial charge in [-0.05, 0) is 18.6 Å². The molecule has 0 saturated carbocycles. The van der Waals surface area contributed by atoms with Crippen molar-refractivity contribution < 1.29 is 9.53 Å². The predicted molar refractivity (Wildman–Crippen MR) is 97.5 cm³/mol. The van der Waals surface area contributed by atoms with Crippen LogP contribution in [0.1, 0.15) is 16.7 Å². The van der Waals surface area contributed by atoms with E-state index in [2.05, 4.69) is 20.5 Å². The average Bonchev–Trinajstić information content (AvgIpc) is 2.67. The fourth-order valence-electron chi connectivity index (χ4n) is 2.75. The summed E-state index contributed by atoms with van der Waals surface area (Å²) in [6.07, 6.45) is 1.78. The smallest absolute Gasteiger partial charge is 0.315 e. The minimum absolute atomic E-state index is 0.183. The van der Waals surface area contributed by atoms with Crippen LogP contribution in [-0.2, 0) is 17.8 Å². The van der Waals surface area contributed by atoms with Crippen molar-refractivity contribution in [2.24, 2.45) is 0 Å². The van der Waals surface area contributed by atoms with Gasteiger partial charge in [0, 0.05) is 37.9 Å². The summed E-state index contributed by atoms with van der Waals surface area (Å²) in [5, 5.41) is 5.80. The van der Waals surface area contributed by atoms with E-state index in [-0.39, 0.29) is 6.03 Å². The first-order chi connectivity index (χ1) is 12.2. The zero-order valence-corrected chi connectivity index (χ0v) is 14.5. The van der Waals surface area contributed by atoms with Crippen molar-refractivity contribution in [3.8, 4) is 0 Å². The largest absolute Gasteiger partial charge is 0.378 e. The summed E-state index contributed by atoms with van der Waals surface area (Å²) in [4.78, 5) is 18.7. The number of hydrogen-bond acceptors (Lipinski definition) is 4. The minimum atomic E-state index is -0.183. The van der Waals surface area contributed by atoms with E-state index in [1.54, 1.807) is 6.20 Å². The number of pyridine rings is 1. The lowest BCUT2D eigenvalue weighted by molar-refractivity contribution is 0.122. The van der Waals surface area contributed by atoms with Crippen molar-refractivity contribution in [2.45, 2.75) is 20.0 Å². The Morgan fingerprint density at radius 1 is 1.12 bits per heavy atom. The molecule has 2 amide bonds. The van der Waals surface area contributed by atoms with Gasteiger partial charge in [-0.15, -0.1) is 0 Å². The number of nitrogens with zero attached hydrogens (tertiary/aromatic N) is 2. The van der Waals surface area contributed by atoms with E-state index < -0.39 is 0 Å². The fraction of sp³-hybridized carbons (Fsp3) is 0.368. The van der Waals surface area contributed by atoms with Gasteiger partial charge in [0.25, 0.3) is 0 Å². The fourth-order valence-corrected chi connectivity index (χ4v) is 2.75. The Morgan fingerprint density at radius 3 is 2.60 bits per heavy atom. The van der Waals surface area contributed by atoms with Crippen LogP contribution >= 0.6 is 0 Å². The van der Waals surface area contributed by atoms with Crippen molar-refractivity contribution >= 4 is 11.8 Å². The SMILES string of the molecule is Cc1ccc(CNC(=O)NCc2cccnc2N2CCOCC2)cc1. The number of rotatable bonds is 5. The number of urea groups is 1. The molecule has 0 radical (unpaired) electrons. The molecule has 1 aliphatic heterocycles. The first-order valence-corrected chi connectivity index (χ1v) is 8.56. The van der Waals surface area contributed by atoms with Crippen LogP contribution in [-0.4, -0.2) is 37.3 Å². The summed E-state index contributed by atoms with van der Waals surface area (Å²) in [5.41, 5.74) is 3.30. The normalized spacial score (nSPS) is 14.2. The van der Waals surface area contributed by atoms with Gasteiger partial charge in [0.15, 0.2) is 0 Å². The zero-order chi connectivity index (χ0) is 17.5. The molecule has 132 valence electrons. The second kappa shape index (κ2) is 8.48. The highest BCUT2D eigenvalue weighted by atomic mass is 16.5. The molecule has 1 saturated heterocycles. The average molecular weight is 340 g/mol. The molecule has 25 heavy (non-hydrogen) atoms. The maximum atomic E-state index is 12.1. The van der Waals surface area contributed by atoms with Crippen LogP contribution in [0.3, 0.4) is 0 Å². The number of ether oxygens (including phenoxy) is 1. The Labute approximate surface area is 148 Å². The number of nitrogens with one attached hydrogen (secondary N) is 2. The quantitative estimate of drug-likeness (QED) is 0.876. The van der Waals surface area contributed by atoms with Crippen molar-refractivity contribution in [3.63, 3.8) is 0 Å². The number of aromatic nitrogens is 1. The highest BCUT2D eigenvalue weighted by Crippen LogP contribution is 2.18. The molecule has 0 atom stereocenters. The lowest BCUT2D eigenvalue weighted by atomic mass is 10.1. The third kappa shape index (κ3) is 4.93. The molecule has 1 aromatic heterocycles. The number of hydrogen-bond donors (Lipinski definition) is 2. The maximum Gasteiger partial charge on any atom is 0.315 e. The van der Waals surface area contributed by atoms with E-state index >= 15 is 0 Å². The summed E-state index contributed by atoms with van der Waals surface area (Å²) in [5.74, 6) is 0.921. The summed E-state index contributed by atoms with van der Waals surface area (Å²) in [6.45, 7) is 6.06. The van der Waals surface area contributed by atoms with Crippen LogP contribution in [0.4, 0.5) is 10.6 Å². The van der Waals surface area contributed by atoms with Gasteiger partial charge in [0.1, 0.15) is 5.82 Å². The molecule has 6 nitrogen and oxygen atoms in total. The lowest BCUT2D eigenvalue weighted by Crippen LogP contribution is -2.38. The van der Waals surface area contributed by atoms with Crippen LogP contribution in [0.25, 0.3) is 0 Å². The Morgan fingerprint density at radius 2 is 1.84 bits per heavy atom. The Balaban J connectivity index is 1.52. The summed E-state index contributed by atoms with van der Waals surface area (Å²) < 4.78 is 5.39. The van der Waals surface area contributed by atoms with Gasteiger partial charge < -0.3 is 20.3 Å². The topological polar surface area (TPSA) is 66.5 Å². The number of benzene rings is 1. The Kier molecular flexibility index (Phi) is 5.85. The number of carbonyl (C=O) groups excluding carboxylic acids is 1. The van der Waals surface area contributed by atoms with Crippen LogP contribution in [0.2, 0.25) is 0 Å². The summed E-state index contributed by atoms with van der Waals surface area (Å²) in [7, 11) is 0. The molecule has 0 aliphatic carbocycles. The van der Waals surface area contributed by atoms with Gasteiger partial charge in [0.2, 0.25) is 0 Å². The zero-order valence-electron chi connectivity index (χ0n) is 14.5. The number of morpholine rings is 1. The van der Waals surface area contributed by atoms with Crippen molar-refractivity contribution in [3.05, 3.63) is 59.3 Å². The van der Waals surface area contributed by atoms with Gasteiger partial charge in [-0.3, -0.25) is 0 Å². The molecule has 0 spiro atoms. The van der Waals surface area contributed by atoms with Crippen molar-refractivity contribution in [2.75, 3.05) is 31.2 Å². The monoisotopic (exact) mass is 340 g/mol. The van der Waals surface area contributed by atoms with Gasteiger partial charge in [-0.2, -0.15) is 0 Å². The Bertz CT molecular complexity index is 697. The van der Waals surface area contributed by atoms with E-state index in [4.69, 9.17) is 4.74 Å². The molecule has 6 heteroatoms. The van der Waals surface area contributed by atoms with E-state index in [1.807, 2.05) is 43.3 Å². The number of carbonyl (C=O) groups is 1. The van der Waals surface area contributed by atoms with E-state index in [9.17, 15) is 4.79 Å². The second-order valence-electron chi connectivity index (χ2n) is 6.11. The van der Waals surface area contributed by atoms with Crippen molar-refractivity contribution in [1.29, 1.82) is 0 Å². The molecule has 1 aliphatic rings. The van der Waals surface area contributed by atoms with E-state index in [1.165, 1.54) is 5.56 Å². The summed E-state index contributed by atoms with van der Waals surface area (Å²) in [6, 6.07) is 11.8. The van der Waals surface area contributed by atoms with E-state index in [0.29, 0.717) is 26.3 Å². The number of amides is 2. The maximum absolute atomic E-state index is 12.1. The third-order valence-electron chi connectivity index (χ3n) is 4.19. The molecule has 0 bridgehead atoms. The molecule has 2 aromatic rings. The summed E-state index contributed by atoms with van der Waals surface area (Å²) >= 11 is 0. The molecule has 2 N–H and O–H groups in total. The molecule has 0 unspecified atom stereocenters. The van der Waals surface area contributed by atoms with Crippen LogP contribution < -0.4 is 15.5 Å². The number of anilines is 1. The van der Waals surface area contributed by atoms with Gasteiger partial charge in [-0.1, -0.05) is 35.9 Å². The highest BCUT2D eigenvalue weighted by molar-refractivity contribution is 5.74. The molecule has 1 fully saturated rings. The molecule has 2 heterocycles. The molecule has 1 aromatic carbocycles. The minimum Gasteiger partial charge on any atom is -0.378 e. The van der Waals surface area contributed by atoms with Gasteiger partial charge in [-0.25, -0.2) is 9.78 Å². The second-order valence-corrected chi connectivity index (χ2v) is 6.11. The van der Waals surface area contributed by atoms with Gasteiger partial charge >= 0.3 is 6.03 Å². The van der Waals surface area contributed by atoms with Crippen LogP contribution in [0, 0.1) is 6.92 Å². The highest BCUT2D eigenvalue weighted by Gasteiger charge is 2.16. The first-order valence-electron chi connectivity index (χ1n) is 8.56. The van der Waals surface area contributed by atoms with Crippen molar-refractivity contribution in [1.82, 2.24) is 15.6 Å². The predicted octanol–water partition coefficient (Wildman–Crippen LogP) is 2.23. The standard InChI is InChI=1S/C19H24N4O2/c1-15-4-6-16(7-5-15)13-21-19(24)22-14-17-3-2-8-20-18(17)23-9-11-25-12-10-23/h2-8H,9-14H2,1H3,(H2,21,22,24). The Hall–Kier alpha value is -2.60. The van der Waals surface area contributed by atoms with Crippen LogP contribution in [0.5, 0.6) is 0 Å². The lowest BCUT2D eigenvalue weighted by Gasteiger charge is -2.29. The van der Waals surface area contributed by atoms with Gasteiger partial charge in [0.05, 0.1) is 13.2 Å². The molecular weight excluding hydrogens is 316 g/mol. The molecule has 3 rings (SSSR count). The van der Waals surface area contributed by atoms with Crippen LogP contribution in [0.15, 0.2) is 42.6 Å². The molecular formula is C19H24N4O2. The van der Waals surface area contributed by atoms with E-state index in [0.717, 1.165) is 30.0 Å². The first kappa shape index (κ1) is 17.2. The third-order valence-corrected chi connectivity index (χ3v) is 4.19.